The van der Waals surface area contributed by atoms with E-state index >= 15 is 0 Å². The minimum absolute atomic E-state index is 0.0227. The molecule has 1 saturated carbocycles. The van der Waals surface area contributed by atoms with Gasteiger partial charge in [0.15, 0.2) is 0 Å². The Hall–Kier alpha value is -3.63. The van der Waals surface area contributed by atoms with Crippen LogP contribution in [0.5, 0.6) is 5.75 Å². The minimum atomic E-state index is -5.08. The van der Waals surface area contributed by atoms with Gasteiger partial charge in [-0.05, 0) is 43.0 Å². The average Bonchev–Trinajstić information content (AvgIpc) is 3.68. The number of carboxylic acids is 1. The Labute approximate surface area is 211 Å². The molecule has 1 unspecified atom stereocenters. The lowest BCUT2D eigenvalue weighted by Crippen LogP contribution is -2.52. The number of nitrogens with zero attached hydrogens (tertiary/aromatic N) is 2. The number of halogens is 3. The normalized spacial score (nSPS) is 20.1. The van der Waals surface area contributed by atoms with E-state index in [1.807, 2.05) is 29.2 Å². The van der Waals surface area contributed by atoms with Gasteiger partial charge < -0.3 is 20.1 Å². The van der Waals surface area contributed by atoms with Crippen LogP contribution in [-0.4, -0.2) is 63.7 Å². The van der Waals surface area contributed by atoms with Crippen molar-refractivity contribution in [3.63, 3.8) is 0 Å². The molecule has 0 bridgehead atoms. The number of carbonyl (C=O) groups excluding carboxylic acids is 2. The van der Waals surface area contributed by atoms with Crippen molar-refractivity contribution in [2.75, 3.05) is 13.1 Å². The lowest BCUT2D eigenvalue weighted by atomic mass is 9.76. The number of pyridine rings is 1. The van der Waals surface area contributed by atoms with Gasteiger partial charge in [-0.15, -0.1) is 0 Å². The van der Waals surface area contributed by atoms with Crippen LogP contribution in [0, 0.1) is 0 Å². The summed E-state index contributed by atoms with van der Waals surface area (Å²) < 4.78 is 38.3. The highest BCUT2D eigenvalue weighted by atomic mass is 19.4. The van der Waals surface area contributed by atoms with Gasteiger partial charge in [-0.3, -0.25) is 14.6 Å². The highest BCUT2D eigenvalue weighted by Gasteiger charge is 2.44. The van der Waals surface area contributed by atoms with Crippen molar-refractivity contribution in [1.82, 2.24) is 15.2 Å². The molecule has 11 heteroatoms. The maximum absolute atomic E-state index is 12.8. The smallest absolute Gasteiger partial charge is 0.487 e. The first-order valence-corrected chi connectivity index (χ1v) is 12.1. The fraction of sp³-hybridized carbons (Fsp3) is 0.462. The summed E-state index contributed by atoms with van der Waals surface area (Å²) in [5.74, 6) is -1.56. The number of likely N-dealkylation sites (tertiary alicyclic amines) is 1. The molecule has 37 heavy (non-hydrogen) atoms. The van der Waals surface area contributed by atoms with E-state index in [-0.39, 0.29) is 23.3 Å². The highest BCUT2D eigenvalue weighted by molar-refractivity contribution is 5.94. The molecule has 5 rings (SSSR count). The van der Waals surface area contributed by atoms with E-state index < -0.39 is 12.1 Å². The van der Waals surface area contributed by atoms with Gasteiger partial charge in [0.25, 0.3) is 5.91 Å². The van der Waals surface area contributed by atoms with Gasteiger partial charge in [0.2, 0.25) is 5.91 Å². The molecular weight excluding hydrogens is 491 g/mol. The Kier molecular flexibility index (Phi) is 7.70. The molecule has 1 aliphatic carbocycles. The number of aliphatic carboxylic acids is 1. The number of benzene rings is 1. The van der Waals surface area contributed by atoms with E-state index in [1.165, 1.54) is 0 Å². The van der Waals surface area contributed by atoms with Crippen molar-refractivity contribution in [2.45, 2.75) is 62.3 Å². The van der Waals surface area contributed by atoms with Crippen molar-refractivity contribution < 1.29 is 37.4 Å². The number of nitrogens with one attached hydrogen (secondary N) is 1. The van der Waals surface area contributed by atoms with Crippen molar-refractivity contribution in [1.29, 1.82) is 0 Å². The van der Waals surface area contributed by atoms with Crippen LogP contribution in [0.3, 0.4) is 0 Å². The van der Waals surface area contributed by atoms with Crippen molar-refractivity contribution in [3.8, 4) is 5.75 Å². The van der Waals surface area contributed by atoms with Crippen molar-refractivity contribution in [2.24, 2.45) is 0 Å². The first kappa shape index (κ1) is 26.4. The van der Waals surface area contributed by atoms with E-state index in [0.29, 0.717) is 31.1 Å². The fourth-order valence-corrected chi connectivity index (χ4v) is 4.76. The molecule has 0 radical (unpaired) electrons. The van der Waals surface area contributed by atoms with Crippen molar-refractivity contribution >= 4 is 17.8 Å². The number of carbonyl (C=O) groups is 3. The predicted molar refractivity (Wildman–Crippen MR) is 126 cm³/mol. The molecule has 1 spiro atoms. The number of hydrogen-bond acceptors (Lipinski definition) is 5. The summed E-state index contributed by atoms with van der Waals surface area (Å²) >= 11 is 0. The number of carboxylic acid groups (broad SMARTS) is 1. The number of aromatic nitrogens is 1. The van der Waals surface area contributed by atoms with E-state index in [0.717, 1.165) is 43.4 Å². The Morgan fingerprint density at radius 1 is 1.11 bits per heavy atom. The number of alkyl halides is 3. The van der Waals surface area contributed by atoms with Gasteiger partial charge in [0.1, 0.15) is 11.4 Å². The monoisotopic (exact) mass is 519 g/mol. The Balaban J connectivity index is 0.000000405. The summed E-state index contributed by atoms with van der Waals surface area (Å²) in [5, 5.41) is 10.2. The van der Waals surface area contributed by atoms with Gasteiger partial charge >= 0.3 is 12.1 Å². The summed E-state index contributed by atoms with van der Waals surface area (Å²) in [7, 11) is 0. The number of piperidine rings is 1. The number of rotatable bonds is 4. The zero-order valence-corrected chi connectivity index (χ0v) is 20.0. The van der Waals surface area contributed by atoms with Crippen LogP contribution in [-0.2, 0) is 9.59 Å². The second-order valence-electron chi connectivity index (χ2n) is 9.61. The molecule has 2 fully saturated rings. The summed E-state index contributed by atoms with van der Waals surface area (Å²) in [6, 6.07) is 12.1. The maximum Gasteiger partial charge on any atom is 0.490 e. The van der Waals surface area contributed by atoms with Gasteiger partial charge in [0, 0.05) is 56.7 Å². The van der Waals surface area contributed by atoms with E-state index in [4.69, 9.17) is 14.6 Å². The molecule has 3 heterocycles. The molecule has 198 valence electrons. The molecule has 2 N–H and O–H groups in total. The Morgan fingerprint density at radius 2 is 1.78 bits per heavy atom. The van der Waals surface area contributed by atoms with E-state index in [9.17, 15) is 22.8 Å². The molecule has 2 amide bonds. The molecule has 2 aromatic rings. The number of para-hydroxylation sites is 1. The van der Waals surface area contributed by atoms with Crippen LogP contribution < -0.4 is 10.1 Å². The second-order valence-corrected chi connectivity index (χ2v) is 9.61. The maximum atomic E-state index is 12.8. The van der Waals surface area contributed by atoms with E-state index in [2.05, 4.69) is 16.4 Å². The largest absolute Gasteiger partial charge is 0.490 e. The molecule has 8 nitrogen and oxygen atoms in total. The van der Waals surface area contributed by atoms with Crippen LogP contribution in [0.2, 0.25) is 0 Å². The molecular formula is C26H28F3N3O5. The number of fused-ring (bicyclic) bond motifs is 1. The molecule has 1 atom stereocenters. The molecule has 1 saturated heterocycles. The number of hydrogen-bond donors (Lipinski definition) is 2. The topological polar surface area (TPSA) is 109 Å². The SMILES string of the molecule is O=C(CC1CC2(CCN(C(=O)c3cccnc3)CC2)Oc2ccccc21)NC1CC1.O=C(O)C(F)(F)F. The summed E-state index contributed by atoms with van der Waals surface area (Å²) in [4.78, 5) is 40.2. The average molecular weight is 520 g/mol. The minimum Gasteiger partial charge on any atom is -0.487 e. The fourth-order valence-electron chi connectivity index (χ4n) is 4.76. The van der Waals surface area contributed by atoms with Crippen LogP contribution in [0.25, 0.3) is 0 Å². The lowest BCUT2D eigenvalue weighted by molar-refractivity contribution is -0.192. The lowest BCUT2D eigenvalue weighted by Gasteiger charge is -2.47. The standard InChI is InChI=1S/C24H27N3O3.C2HF3O2/c28-22(26-19-7-8-19)14-18-15-24(30-21-6-2-1-5-20(18)21)9-12-27(13-10-24)23(29)17-4-3-11-25-16-17;3-2(4,5)1(6)7/h1-6,11,16,18-19H,7-10,12-15H2,(H,26,28);(H,6,7). The molecule has 3 aliphatic rings. The zero-order valence-electron chi connectivity index (χ0n) is 20.0. The summed E-state index contributed by atoms with van der Waals surface area (Å²) in [5.41, 5.74) is 1.44. The van der Waals surface area contributed by atoms with Gasteiger partial charge in [0.05, 0.1) is 5.56 Å². The van der Waals surface area contributed by atoms with E-state index in [1.54, 1.807) is 18.5 Å². The van der Waals surface area contributed by atoms with Crippen LogP contribution in [0.15, 0.2) is 48.8 Å². The van der Waals surface area contributed by atoms with Gasteiger partial charge in [-0.2, -0.15) is 13.2 Å². The molecule has 2 aliphatic heterocycles. The van der Waals surface area contributed by atoms with Crippen molar-refractivity contribution in [3.05, 3.63) is 59.9 Å². The number of amides is 2. The Bertz CT molecular complexity index is 1130. The first-order valence-electron chi connectivity index (χ1n) is 12.1. The van der Waals surface area contributed by atoms with Gasteiger partial charge in [-0.25, -0.2) is 4.79 Å². The molecule has 1 aromatic carbocycles. The third-order valence-corrected chi connectivity index (χ3v) is 6.79. The Morgan fingerprint density at radius 3 is 2.38 bits per heavy atom. The highest BCUT2D eigenvalue weighted by Crippen LogP contribution is 2.46. The van der Waals surface area contributed by atoms with Crippen LogP contribution >= 0.6 is 0 Å². The quantitative estimate of drug-likeness (QED) is 0.634. The third-order valence-electron chi connectivity index (χ3n) is 6.79. The van der Waals surface area contributed by atoms with Crippen LogP contribution in [0.4, 0.5) is 13.2 Å². The number of ether oxygens (including phenoxy) is 1. The zero-order chi connectivity index (χ0) is 26.6. The summed E-state index contributed by atoms with van der Waals surface area (Å²) in [6.45, 7) is 1.30. The van der Waals surface area contributed by atoms with Crippen LogP contribution in [0.1, 0.15) is 60.4 Å². The van der Waals surface area contributed by atoms with Gasteiger partial charge in [-0.1, -0.05) is 18.2 Å². The predicted octanol–water partition coefficient (Wildman–Crippen LogP) is 3.92. The first-order chi connectivity index (χ1) is 17.6. The third kappa shape index (κ3) is 6.78. The molecule has 1 aromatic heterocycles. The second kappa shape index (κ2) is 10.8. The summed E-state index contributed by atoms with van der Waals surface area (Å²) in [6.07, 6.45) is 3.27.